The van der Waals surface area contributed by atoms with E-state index in [9.17, 15) is 9.18 Å². The quantitative estimate of drug-likeness (QED) is 0.759. The molecule has 5 aliphatic rings. The van der Waals surface area contributed by atoms with Crippen LogP contribution in [0, 0.1) is 29.0 Å². The average Bonchev–Trinajstić information content (AvgIpc) is 3.45. The molecule has 6 rings (SSSR count). The standard InChI is InChI=1S/C23H31FN2O/c24-21-4-2-1-3-19(21)13-26(20-5-6-20)14-22(27)25-15-23-10-16-7-17(11-23)9-18(8-16)12-23/h1-4,16-18,20H,5-15H2,(H,25,27)/p+1. The molecule has 1 aromatic rings. The number of rotatable bonds is 7. The highest BCUT2D eigenvalue weighted by Crippen LogP contribution is 2.59. The molecule has 4 heteroatoms. The van der Waals surface area contributed by atoms with Crippen molar-refractivity contribution in [1.82, 2.24) is 5.32 Å². The SMILES string of the molecule is O=C(C[NH+](Cc1ccccc1F)C1CC1)NCC12CC3CC(CC(C3)C1)C2. The first-order chi connectivity index (χ1) is 13.1. The molecule has 0 radical (unpaired) electrons. The fourth-order valence-electron chi connectivity index (χ4n) is 6.79. The number of carbonyl (C=O) groups excluding carboxylic acids is 1. The number of hydrogen-bond acceptors (Lipinski definition) is 1. The van der Waals surface area contributed by atoms with E-state index in [1.54, 1.807) is 6.07 Å². The first kappa shape index (κ1) is 17.7. The topological polar surface area (TPSA) is 33.5 Å². The number of benzene rings is 1. The number of hydrogen-bond donors (Lipinski definition) is 2. The molecule has 1 atom stereocenters. The normalized spacial score (nSPS) is 35.2. The molecule has 0 aromatic heterocycles. The van der Waals surface area contributed by atoms with Gasteiger partial charge in [0.05, 0.1) is 6.04 Å². The summed E-state index contributed by atoms with van der Waals surface area (Å²) in [5.74, 6) is 2.77. The zero-order valence-corrected chi connectivity index (χ0v) is 16.2. The van der Waals surface area contributed by atoms with Crippen molar-refractivity contribution in [3.63, 3.8) is 0 Å². The number of halogens is 1. The van der Waals surface area contributed by atoms with Crippen LogP contribution in [0.15, 0.2) is 24.3 Å². The lowest BCUT2D eigenvalue weighted by Gasteiger charge is -2.56. The van der Waals surface area contributed by atoms with Crippen LogP contribution >= 0.6 is 0 Å². The van der Waals surface area contributed by atoms with Gasteiger partial charge in [0, 0.05) is 24.9 Å². The summed E-state index contributed by atoms with van der Waals surface area (Å²) in [6.45, 7) is 1.96. The lowest BCUT2D eigenvalue weighted by atomic mass is 9.49. The van der Waals surface area contributed by atoms with Gasteiger partial charge in [-0.2, -0.15) is 0 Å². The van der Waals surface area contributed by atoms with E-state index in [0.29, 0.717) is 24.5 Å². The molecule has 0 saturated heterocycles. The molecule has 3 nitrogen and oxygen atoms in total. The minimum Gasteiger partial charge on any atom is -0.351 e. The summed E-state index contributed by atoms with van der Waals surface area (Å²) in [5, 5.41) is 3.30. The fourth-order valence-corrected chi connectivity index (χ4v) is 6.79. The van der Waals surface area contributed by atoms with E-state index in [4.69, 9.17) is 0 Å². The highest BCUT2D eigenvalue weighted by Gasteiger charge is 2.50. The van der Waals surface area contributed by atoms with Gasteiger partial charge in [0.15, 0.2) is 6.54 Å². The van der Waals surface area contributed by atoms with Crippen LogP contribution in [0.2, 0.25) is 0 Å². The molecular weight excluding hydrogens is 339 g/mol. The molecule has 27 heavy (non-hydrogen) atoms. The van der Waals surface area contributed by atoms with Crippen LogP contribution in [0.1, 0.15) is 56.9 Å². The monoisotopic (exact) mass is 371 g/mol. The maximum Gasteiger partial charge on any atom is 0.275 e. The van der Waals surface area contributed by atoms with E-state index >= 15 is 0 Å². The fraction of sp³-hybridized carbons (Fsp3) is 0.696. The summed E-state index contributed by atoms with van der Waals surface area (Å²) in [6, 6.07) is 7.51. The van der Waals surface area contributed by atoms with Crippen molar-refractivity contribution in [3.05, 3.63) is 35.6 Å². The predicted molar refractivity (Wildman–Crippen MR) is 103 cm³/mol. The second-order valence-electron chi connectivity index (χ2n) is 10.1. The van der Waals surface area contributed by atoms with Crippen molar-refractivity contribution >= 4 is 5.91 Å². The second-order valence-corrected chi connectivity index (χ2v) is 10.1. The zero-order chi connectivity index (χ0) is 18.4. The van der Waals surface area contributed by atoms with Gasteiger partial charge >= 0.3 is 0 Å². The van der Waals surface area contributed by atoms with Crippen molar-refractivity contribution in [2.75, 3.05) is 13.1 Å². The number of carbonyl (C=O) groups is 1. The highest BCUT2D eigenvalue weighted by atomic mass is 19.1. The smallest absolute Gasteiger partial charge is 0.275 e. The van der Waals surface area contributed by atoms with Gasteiger partial charge in [-0.1, -0.05) is 18.2 Å². The van der Waals surface area contributed by atoms with Gasteiger partial charge in [-0.3, -0.25) is 4.79 Å². The van der Waals surface area contributed by atoms with Crippen LogP contribution in [0.4, 0.5) is 4.39 Å². The van der Waals surface area contributed by atoms with E-state index in [0.717, 1.165) is 42.7 Å². The summed E-state index contributed by atoms with van der Waals surface area (Å²) in [6.07, 6.45) is 10.6. The molecule has 0 heterocycles. The van der Waals surface area contributed by atoms with E-state index < -0.39 is 0 Å². The molecule has 5 aliphatic carbocycles. The summed E-state index contributed by atoms with van der Waals surface area (Å²) in [7, 11) is 0. The number of quaternary nitrogens is 1. The van der Waals surface area contributed by atoms with E-state index in [2.05, 4.69) is 5.32 Å². The van der Waals surface area contributed by atoms with Gasteiger partial charge in [0.1, 0.15) is 12.4 Å². The summed E-state index contributed by atoms with van der Waals surface area (Å²) in [4.78, 5) is 14.0. The molecule has 1 unspecified atom stereocenters. The largest absolute Gasteiger partial charge is 0.351 e. The van der Waals surface area contributed by atoms with Gasteiger partial charge in [0.2, 0.25) is 0 Å². The number of amides is 1. The molecule has 1 aromatic carbocycles. The lowest BCUT2D eigenvalue weighted by Crippen LogP contribution is -3.13. The Morgan fingerprint density at radius 1 is 1.07 bits per heavy atom. The molecule has 5 fully saturated rings. The Morgan fingerprint density at radius 2 is 1.70 bits per heavy atom. The molecule has 1 amide bonds. The van der Waals surface area contributed by atoms with E-state index in [1.165, 1.54) is 49.5 Å². The van der Waals surface area contributed by atoms with Crippen molar-refractivity contribution in [2.24, 2.45) is 23.2 Å². The van der Waals surface area contributed by atoms with Crippen molar-refractivity contribution < 1.29 is 14.1 Å². The Balaban J connectivity index is 1.18. The zero-order valence-electron chi connectivity index (χ0n) is 16.2. The molecule has 4 bridgehead atoms. The molecule has 2 N–H and O–H groups in total. The van der Waals surface area contributed by atoms with Crippen LogP contribution < -0.4 is 10.2 Å². The third-order valence-electron chi connectivity index (χ3n) is 7.74. The van der Waals surface area contributed by atoms with Crippen LogP contribution in [-0.2, 0) is 11.3 Å². The first-order valence-electron chi connectivity index (χ1n) is 10.9. The summed E-state index contributed by atoms with van der Waals surface area (Å²) in [5.41, 5.74) is 1.11. The molecular formula is C23H32FN2O+. The van der Waals surface area contributed by atoms with Gasteiger partial charge in [-0.15, -0.1) is 0 Å². The maximum absolute atomic E-state index is 14.0. The Morgan fingerprint density at radius 3 is 2.30 bits per heavy atom. The molecule has 146 valence electrons. The third kappa shape index (κ3) is 3.78. The Labute approximate surface area is 161 Å². The maximum atomic E-state index is 14.0. The van der Waals surface area contributed by atoms with Crippen LogP contribution in [0.3, 0.4) is 0 Å². The van der Waals surface area contributed by atoms with E-state index in [-0.39, 0.29) is 11.7 Å². The lowest BCUT2D eigenvalue weighted by molar-refractivity contribution is -0.917. The van der Waals surface area contributed by atoms with Gasteiger partial charge < -0.3 is 10.2 Å². The molecule has 5 saturated carbocycles. The van der Waals surface area contributed by atoms with Gasteiger partial charge in [0.25, 0.3) is 5.91 Å². The van der Waals surface area contributed by atoms with Crippen LogP contribution in [0.5, 0.6) is 0 Å². The summed E-state index contributed by atoms with van der Waals surface area (Å²) < 4.78 is 14.0. The first-order valence-corrected chi connectivity index (χ1v) is 10.9. The predicted octanol–water partition coefficient (Wildman–Crippen LogP) is 2.71. The molecule has 0 aliphatic heterocycles. The van der Waals surface area contributed by atoms with Crippen LogP contribution in [0.25, 0.3) is 0 Å². The summed E-state index contributed by atoms with van der Waals surface area (Å²) >= 11 is 0. The number of nitrogens with one attached hydrogen (secondary N) is 2. The van der Waals surface area contributed by atoms with E-state index in [1.807, 2.05) is 12.1 Å². The van der Waals surface area contributed by atoms with Gasteiger partial charge in [-0.25, -0.2) is 4.39 Å². The molecule has 0 spiro atoms. The Kier molecular flexibility index (Phi) is 4.50. The average molecular weight is 372 g/mol. The highest BCUT2D eigenvalue weighted by molar-refractivity contribution is 5.76. The second kappa shape index (κ2) is 6.88. The van der Waals surface area contributed by atoms with Gasteiger partial charge in [-0.05, 0) is 67.8 Å². The minimum absolute atomic E-state index is 0.148. The van der Waals surface area contributed by atoms with Crippen molar-refractivity contribution in [2.45, 2.75) is 64.0 Å². The van der Waals surface area contributed by atoms with Crippen molar-refractivity contribution in [1.29, 1.82) is 0 Å². The van der Waals surface area contributed by atoms with Crippen LogP contribution in [-0.4, -0.2) is 25.0 Å². The minimum atomic E-state index is -0.148. The Hall–Kier alpha value is -1.42. The Bertz CT molecular complexity index is 679. The van der Waals surface area contributed by atoms with Crippen molar-refractivity contribution in [3.8, 4) is 0 Å². The third-order valence-corrected chi connectivity index (χ3v) is 7.74.